The van der Waals surface area contributed by atoms with Gasteiger partial charge in [0.1, 0.15) is 11.9 Å². The molecule has 2 aromatic rings. The van der Waals surface area contributed by atoms with Gasteiger partial charge in [-0.3, -0.25) is 4.98 Å². The summed E-state index contributed by atoms with van der Waals surface area (Å²) in [4.78, 5) is 3.63. The Morgan fingerprint density at radius 3 is 2.53 bits per heavy atom. The second-order valence-corrected chi connectivity index (χ2v) is 3.21. The highest BCUT2D eigenvalue weighted by Gasteiger charge is 2.13. The van der Waals surface area contributed by atoms with E-state index in [1.165, 1.54) is 12.3 Å². The van der Waals surface area contributed by atoms with Crippen LogP contribution in [-0.4, -0.2) is 10.1 Å². The summed E-state index contributed by atoms with van der Waals surface area (Å²) in [5.41, 5.74) is 0.916. The van der Waals surface area contributed by atoms with E-state index in [1.807, 2.05) is 6.07 Å². The van der Waals surface area contributed by atoms with Crippen molar-refractivity contribution in [3.05, 3.63) is 65.7 Å². The molecule has 3 heteroatoms. The fourth-order valence-electron chi connectivity index (χ4n) is 1.42. The molecule has 0 radical (unpaired) electrons. The second-order valence-electron chi connectivity index (χ2n) is 3.21. The van der Waals surface area contributed by atoms with E-state index >= 15 is 0 Å². The number of hydrogen-bond donors (Lipinski definition) is 1. The Bertz CT molecular complexity index is 444. The molecule has 0 bridgehead atoms. The fraction of sp³-hybridized carbons (Fsp3) is 0.0833. The first-order valence-electron chi connectivity index (χ1n) is 4.61. The molecule has 0 saturated carbocycles. The van der Waals surface area contributed by atoms with Gasteiger partial charge in [-0.05, 0) is 11.6 Å². The van der Waals surface area contributed by atoms with Crippen molar-refractivity contribution < 1.29 is 9.50 Å². The average molecular weight is 203 g/mol. The topological polar surface area (TPSA) is 33.1 Å². The minimum atomic E-state index is -0.936. The van der Waals surface area contributed by atoms with Crippen LogP contribution in [0.15, 0.2) is 48.8 Å². The maximum atomic E-state index is 13.3. The molecule has 1 aromatic carbocycles. The SMILES string of the molecule is OC(c1ccccc1)c1ccncc1F. The molecule has 2 nitrogen and oxygen atoms in total. The molecule has 0 fully saturated rings. The van der Waals surface area contributed by atoms with E-state index in [-0.39, 0.29) is 5.56 Å². The molecule has 1 heterocycles. The van der Waals surface area contributed by atoms with Gasteiger partial charge >= 0.3 is 0 Å². The van der Waals surface area contributed by atoms with Crippen LogP contribution >= 0.6 is 0 Å². The van der Waals surface area contributed by atoms with Gasteiger partial charge in [-0.15, -0.1) is 0 Å². The molecule has 1 atom stereocenters. The molecule has 0 aliphatic heterocycles. The van der Waals surface area contributed by atoms with Gasteiger partial charge in [-0.1, -0.05) is 30.3 Å². The number of aromatic nitrogens is 1. The Labute approximate surface area is 87.0 Å². The second kappa shape index (κ2) is 4.19. The lowest BCUT2D eigenvalue weighted by Gasteiger charge is -2.11. The quantitative estimate of drug-likeness (QED) is 0.812. The van der Waals surface area contributed by atoms with Crippen molar-refractivity contribution in [1.82, 2.24) is 4.98 Å². The van der Waals surface area contributed by atoms with Gasteiger partial charge in [0.2, 0.25) is 0 Å². The van der Waals surface area contributed by atoms with Gasteiger partial charge in [-0.2, -0.15) is 0 Å². The summed E-state index contributed by atoms with van der Waals surface area (Å²) in [6, 6.07) is 10.4. The maximum Gasteiger partial charge on any atom is 0.147 e. The van der Waals surface area contributed by atoms with Crippen molar-refractivity contribution in [1.29, 1.82) is 0 Å². The molecule has 76 valence electrons. The van der Waals surface area contributed by atoms with Crippen LogP contribution in [-0.2, 0) is 0 Å². The predicted octanol–water partition coefficient (Wildman–Crippen LogP) is 2.30. The Morgan fingerprint density at radius 1 is 1.13 bits per heavy atom. The third-order valence-corrected chi connectivity index (χ3v) is 2.21. The van der Waals surface area contributed by atoms with E-state index in [1.54, 1.807) is 24.3 Å². The summed E-state index contributed by atoms with van der Waals surface area (Å²) in [5, 5.41) is 9.90. The first-order valence-corrected chi connectivity index (χ1v) is 4.61. The number of nitrogens with zero attached hydrogens (tertiary/aromatic N) is 1. The van der Waals surface area contributed by atoms with Gasteiger partial charge in [-0.25, -0.2) is 4.39 Å². The van der Waals surface area contributed by atoms with Crippen molar-refractivity contribution in [2.75, 3.05) is 0 Å². The van der Waals surface area contributed by atoms with Gasteiger partial charge in [0.05, 0.1) is 6.20 Å². The Hall–Kier alpha value is -1.74. The predicted molar refractivity (Wildman–Crippen MR) is 54.7 cm³/mol. The lowest BCUT2D eigenvalue weighted by atomic mass is 10.0. The summed E-state index contributed by atoms with van der Waals surface area (Å²) < 4.78 is 13.3. The highest BCUT2D eigenvalue weighted by molar-refractivity contribution is 5.28. The molecule has 0 aliphatic rings. The summed E-state index contributed by atoms with van der Waals surface area (Å²) in [5.74, 6) is -0.492. The van der Waals surface area contributed by atoms with E-state index < -0.39 is 11.9 Å². The van der Waals surface area contributed by atoms with Crippen LogP contribution in [0.25, 0.3) is 0 Å². The van der Waals surface area contributed by atoms with Crippen LogP contribution < -0.4 is 0 Å². The Morgan fingerprint density at radius 2 is 1.87 bits per heavy atom. The van der Waals surface area contributed by atoms with Crippen molar-refractivity contribution in [2.45, 2.75) is 6.10 Å². The maximum absolute atomic E-state index is 13.3. The van der Waals surface area contributed by atoms with Crippen LogP contribution in [0.3, 0.4) is 0 Å². The number of hydrogen-bond acceptors (Lipinski definition) is 2. The van der Waals surface area contributed by atoms with E-state index in [4.69, 9.17) is 0 Å². The summed E-state index contributed by atoms with van der Waals surface area (Å²) in [7, 11) is 0. The van der Waals surface area contributed by atoms with Crippen LogP contribution in [0.4, 0.5) is 4.39 Å². The van der Waals surface area contributed by atoms with Crippen molar-refractivity contribution in [3.8, 4) is 0 Å². The first-order chi connectivity index (χ1) is 7.29. The number of pyridine rings is 1. The number of benzene rings is 1. The first kappa shape index (κ1) is 9.80. The molecule has 15 heavy (non-hydrogen) atoms. The zero-order valence-corrected chi connectivity index (χ0v) is 7.97. The smallest absolute Gasteiger partial charge is 0.147 e. The number of aliphatic hydroxyl groups is 1. The van der Waals surface area contributed by atoms with E-state index in [2.05, 4.69) is 4.98 Å². The highest BCUT2D eigenvalue weighted by Crippen LogP contribution is 2.22. The number of rotatable bonds is 2. The van der Waals surface area contributed by atoms with Gasteiger partial charge in [0, 0.05) is 11.8 Å². The lowest BCUT2D eigenvalue weighted by molar-refractivity contribution is 0.214. The van der Waals surface area contributed by atoms with E-state index in [0.717, 1.165) is 6.20 Å². The van der Waals surface area contributed by atoms with Crippen molar-refractivity contribution in [2.24, 2.45) is 0 Å². The van der Waals surface area contributed by atoms with Crippen LogP contribution in [0.2, 0.25) is 0 Å². The Kier molecular flexibility index (Phi) is 2.74. The zero-order valence-electron chi connectivity index (χ0n) is 7.97. The van der Waals surface area contributed by atoms with Crippen molar-refractivity contribution >= 4 is 0 Å². The highest BCUT2D eigenvalue weighted by atomic mass is 19.1. The number of aliphatic hydroxyl groups excluding tert-OH is 1. The molecule has 2 rings (SSSR count). The van der Waals surface area contributed by atoms with E-state index in [0.29, 0.717) is 5.56 Å². The van der Waals surface area contributed by atoms with E-state index in [9.17, 15) is 9.50 Å². The molecular weight excluding hydrogens is 193 g/mol. The van der Waals surface area contributed by atoms with Gasteiger partial charge in [0.15, 0.2) is 0 Å². The molecular formula is C12H10FNO. The zero-order chi connectivity index (χ0) is 10.7. The van der Waals surface area contributed by atoms with Crippen molar-refractivity contribution in [3.63, 3.8) is 0 Å². The molecule has 0 saturated heterocycles. The van der Waals surface area contributed by atoms with Gasteiger partial charge in [0.25, 0.3) is 0 Å². The van der Waals surface area contributed by atoms with Crippen LogP contribution in [0.1, 0.15) is 17.2 Å². The summed E-state index contributed by atoms with van der Waals surface area (Å²) in [6.45, 7) is 0. The minimum absolute atomic E-state index is 0.246. The van der Waals surface area contributed by atoms with Crippen LogP contribution in [0, 0.1) is 5.82 Å². The Balaban J connectivity index is 2.37. The lowest BCUT2D eigenvalue weighted by Crippen LogP contribution is -2.02. The van der Waals surface area contributed by atoms with Gasteiger partial charge < -0.3 is 5.11 Å². The molecule has 1 N–H and O–H groups in total. The van der Waals surface area contributed by atoms with Crippen LogP contribution in [0.5, 0.6) is 0 Å². The summed E-state index contributed by atoms with van der Waals surface area (Å²) in [6.07, 6.45) is 1.63. The molecule has 0 aliphatic carbocycles. The molecule has 1 aromatic heterocycles. The molecule has 1 unspecified atom stereocenters. The molecule has 0 amide bonds. The minimum Gasteiger partial charge on any atom is -0.384 e. The molecule has 0 spiro atoms. The normalized spacial score (nSPS) is 12.4. The fourth-order valence-corrected chi connectivity index (χ4v) is 1.42. The monoisotopic (exact) mass is 203 g/mol. The summed E-state index contributed by atoms with van der Waals surface area (Å²) >= 11 is 0. The average Bonchev–Trinajstić information content (AvgIpc) is 2.30. The third kappa shape index (κ3) is 2.02. The number of halogens is 1. The third-order valence-electron chi connectivity index (χ3n) is 2.21. The largest absolute Gasteiger partial charge is 0.384 e. The standard InChI is InChI=1S/C12H10FNO/c13-11-8-14-7-6-10(11)12(15)9-4-2-1-3-5-9/h1-8,12,15H.